The van der Waals surface area contributed by atoms with Gasteiger partial charge in [0.25, 0.3) is 0 Å². The molecule has 1 unspecified atom stereocenters. The fraction of sp³-hybridized carbons (Fsp3) is 0.583. The number of aliphatic hydroxyl groups is 1. The molecule has 15 heavy (non-hydrogen) atoms. The predicted octanol–water partition coefficient (Wildman–Crippen LogP) is 1.74. The van der Waals surface area contributed by atoms with Crippen molar-refractivity contribution < 1.29 is 5.11 Å². The molecule has 0 aliphatic carbocycles. The van der Waals surface area contributed by atoms with Crippen molar-refractivity contribution in [1.29, 1.82) is 0 Å². The van der Waals surface area contributed by atoms with E-state index in [-0.39, 0.29) is 12.6 Å². The summed E-state index contributed by atoms with van der Waals surface area (Å²) >= 11 is 0. The molecule has 0 amide bonds. The van der Waals surface area contributed by atoms with Crippen molar-refractivity contribution in [1.82, 2.24) is 4.98 Å². The maximum absolute atomic E-state index is 9.31. The highest BCUT2D eigenvalue weighted by Gasteiger charge is 2.22. The second-order valence-electron chi connectivity index (χ2n) is 4.22. The monoisotopic (exact) mass is 206 g/mol. The molecule has 1 fully saturated rings. The standard InChI is InChI=1S/C12H18N2O/c1-10-5-6-12(13-8-10)14-7-3-2-4-11(14)9-15/h5-6,8,11,15H,2-4,7,9H2,1H3. The van der Waals surface area contributed by atoms with Gasteiger partial charge in [0.15, 0.2) is 0 Å². The molecule has 0 saturated carbocycles. The largest absolute Gasteiger partial charge is 0.394 e. The molecule has 1 aromatic rings. The van der Waals surface area contributed by atoms with E-state index in [1.54, 1.807) is 0 Å². The highest BCUT2D eigenvalue weighted by Crippen LogP contribution is 2.22. The van der Waals surface area contributed by atoms with Gasteiger partial charge in [0.1, 0.15) is 5.82 Å². The van der Waals surface area contributed by atoms with Crippen molar-refractivity contribution >= 4 is 5.82 Å². The van der Waals surface area contributed by atoms with Gasteiger partial charge in [-0.3, -0.25) is 0 Å². The predicted molar refractivity (Wildman–Crippen MR) is 61.0 cm³/mol. The van der Waals surface area contributed by atoms with Crippen LogP contribution in [0.4, 0.5) is 5.82 Å². The van der Waals surface area contributed by atoms with Crippen LogP contribution >= 0.6 is 0 Å². The quantitative estimate of drug-likeness (QED) is 0.800. The number of hydrogen-bond acceptors (Lipinski definition) is 3. The fourth-order valence-corrected chi connectivity index (χ4v) is 2.12. The first-order chi connectivity index (χ1) is 7.31. The zero-order chi connectivity index (χ0) is 10.7. The van der Waals surface area contributed by atoms with E-state index in [2.05, 4.69) is 16.0 Å². The Bertz CT molecular complexity index is 310. The lowest BCUT2D eigenvalue weighted by molar-refractivity contribution is 0.239. The molecule has 0 aromatic carbocycles. The number of pyridine rings is 1. The third-order valence-electron chi connectivity index (χ3n) is 3.03. The van der Waals surface area contributed by atoms with Gasteiger partial charge in [0.05, 0.1) is 12.6 Å². The molecule has 1 aromatic heterocycles. The van der Waals surface area contributed by atoms with E-state index in [0.717, 1.165) is 18.8 Å². The summed E-state index contributed by atoms with van der Waals surface area (Å²) in [5, 5.41) is 9.31. The minimum Gasteiger partial charge on any atom is -0.394 e. The van der Waals surface area contributed by atoms with Crippen molar-refractivity contribution in [2.75, 3.05) is 18.1 Å². The average molecular weight is 206 g/mol. The van der Waals surface area contributed by atoms with Crippen LogP contribution in [0.2, 0.25) is 0 Å². The summed E-state index contributed by atoms with van der Waals surface area (Å²) in [6, 6.07) is 4.38. The highest BCUT2D eigenvalue weighted by molar-refractivity contribution is 5.41. The zero-order valence-electron chi connectivity index (χ0n) is 9.19. The van der Waals surface area contributed by atoms with Crippen LogP contribution < -0.4 is 4.90 Å². The van der Waals surface area contributed by atoms with Gasteiger partial charge < -0.3 is 10.0 Å². The molecule has 1 atom stereocenters. The average Bonchev–Trinajstić information content (AvgIpc) is 2.30. The van der Waals surface area contributed by atoms with Gasteiger partial charge in [0.2, 0.25) is 0 Å². The van der Waals surface area contributed by atoms with Crippen LogP contribution in [0.5, 0.6) is 0 Å². The number of hydrogen-bond donors (Lipinski definition) is 1. The lowest BCUT2D eigenvalue weighted by Crippen LogP contribution is -2.42. The molecule has 0 spiro atoms. The maximum atomic E-state index is 9.31. The maximum Gasteiger partial charge on any atom is 0.128 e. The number of aryl methyl sites for hydroxylation is 1. The number of rotatable bonds is 2. The molecule has 0 radical (unpaired) electrons. The molecule has 1 saturated heterocycles. The second-order valence-corrected chi connectivity index (χ2v) is 4.22. The molecule has 0 bridgehead atoms. The molecule has 1 aliphatic rings. The van der Waals surface area contributed by atoms with Gasteiger partial charge in [-0.15, -0.1) is 0 Å². The summed E-state index contributed by atoms with van der Waals surface area (Å²) in [7, 11) is 0. The van der Waals surface area contributed by atoms with E-state index in [9.17, 15) is 5.11 Å². The number of aliphatic hydroxyl groups excluding tert-OH is 1. The summed E-state index contributed by atoms with van der Waals surface area (Å²) < 4.78 is 0. The van der Waals surface area contributed by atoms with E-state index < -0.39 is 0 Å². The summed E-state index contributed by atoms with van der Waals surface area (Å²) in [5.41, 5.74) is 1.18. The Labute approximate surface area is 90.8 Å². The molecule has 2 heterocycles. The summed E-state index contributed by atoms with van der Waals surface area (Å²) in [4.78, 5) is 6.64. The van der Waals surface area contributed by atoms with Crippen LogP contribution in [0.25, 0.3) is 0 Å². The lowest BCUT2D eigenvalue weighted by Gasteiger charge is -2.35. The number of aromatic nitrogens is 1. The van der Waals surface area contributed by atoms with E-state index in [1.165, 1.54) is 18.4 Å². The summed E-state index contributed by atoms with van der Waals surface area (Å²) in [5.74, 6) is 0.999. The van der Waals surface area contributed by atoms with E-state index >= 15 is 0 Å². The summed E-state index contributed by atoms with van der Waals surface area (Å²) in [6.45, 7) is 3.29. The Morgan fingerprint density at radius 2 is 2.33 bits per heavy atom. The van der Waals surface area contributed by atoms with Crippen LogP contribution in [0, 0.1) is 6.92 Å². The highest BCUT2D eigenvalue weighted by atomic mass is 16.3. The molecule has 1 aliphatic heterocycles. The Kier molecular flexibility index (Phi) is 3.21. The van der Waals surface area contributed by atoms with Gasteiger partial charge in [-0.05, 0) is 37.8 Å². The molecule has 1 N–H and O–H groups in total. The van der Waals surface area contributed by atoms with E-state index in [0.29, 0.717) is 0 Å². The Morgan fingerprint density at radius 3 is 3.00 bits per heavy atom. The van der Waals surface area contributed by atoms with Gasteiger partial charge in [-0.2, -0.15) is 0 Å². The second kappa shape index (κ2) is 4.62. The molecule has 82 valence electrons. The van der Waals surface area contributed by atoms with E-state index in [1.807, 2.05) is 19.2 Å². The first kappa shape index (κ1) is 10.4. The molecular weight excluding hydrogens is 188 g/mol. The Hall–Kier alpha value is -1.09. The number of nitrogens with zero attached hydrogens (tertiary/aromatic N) is 2. The molecule has 3 heteroatoms. The van der Waals surface area contributed by atoms with Crippen LogP contribution in [-0.2, 0) is 0 Å². The van der Waals surface area contributed by atoms with Crippen molar-refractivity contribution in [2.24, 2.45) is 0 Å². The Balaban J connectivity index is 2.16. The number of anilines is 1. The first-order valence-corrected chi connectivity index (χ1v) is 5.61. The van der Waals surface area contributed by atoms with Crippen molar-refractivity contribution in [3.63, 3.8) is 0 Å². The fourth-order valence-electron chi connectivity index (χ4n) is 2.12. The lowest BCUT2D eigenvalue weighted by atomic mass is 10.0. The smallest absolute Gasteiger partial charge is 0.128 e. The van der Waals surface area contributed by atoms with Crippen molar-refractivity contribution in [3.8, 4) is 0 Å². The van der Waals surface area contributed by atoms with Gasteiger partial charge in [-0.1, -0.05) is 6.07 Å². The zero-order valence-corrected chi connectivity index (χ0v) is 9.19. The van der Waals surface area contributed by atoms with Crippen molar-refractivity contribution in [3.05, 3.63) is 23.9 Å². The third kappa shape index (κ3) is 2.29. The molecular formula is C12H18N2O. The third-order valence-corrected chi connectivity index (χ3v) is 3.03. The minimum atomic E-state index is 0.232. The normalized spacial score (nSPS) is 21.7. The molecule has 3 nitrogen and oxygen atoms in total. The van der Waals surface area contributed by atoms with Crippen molar-refractivity contribution in [2.45, 2.75) is 32.2 Å². The minimum absolute atomic E-state index is 0.232. The van der Waals surface area contributed by atoms with Gasteiger partial charge >= 0.3 is 0 Å². The van der Waals surface area contributed by atoms with Crippen LogP contribution in [0.3, 0.4) is 0 Å². The van der Waals surface area contributed by atoms with E-state index in [4.69, 9.17) is 0 Å². The topological polar surface area (TPSA) is 36.4 Å². The Morgan fingerprint density at radius 1 is 1.47 bits per heavy atom. The first-order valence-electron chi connectivity index (χ1n) is 5.61. The van der Waals surface area contributed by atoms with Crippen LogP contribution in [-0.4, -0.2) is 29.3 Å². The SMILES string of the molecule is Cc1ccc(N2CCCCC2CO)nc1. The van der Waals surface area contributed by atoms with Crippen LogP contribution in [0.15, 0.2) is 18.3 Å². The van der Waals surface area contributed by atoms with Gasteiger partial charge in [-0.25, -0.2) is 4.98 Å². The van der Waals surface area contributed by atoms with Gasteiger partial charge in [0, 0.05) is 12.7 Å². The van der Waals surface area contributed by atoms with Crippen LogP contribution in [0.1, 0.15) is 24.8 Å². The number of piperidine rings is 1. The summed E-state index contributed by atoms with van der Waals surface area (Å²) in [6.07, 6.45) is 5.38. The molecule has 2 rings (SSSR count).